The molecule has 4 heteroatoms. The van der Waals surface area contributed by atoms with Crippen molar-refractivity contribution in [2.45, 2.75) is 45.2 Å². The minimum atomic E-state index is -1.01. The van der Waals surface area contributed by atoms with Crippen LogP contribution in [0.15, 0.2) is 16.5 Å². The van der Waals surface area contributed by atoms with Crippen molar-refractivity contribution in [2.24, 2.45) is 0 Å². The van der Waals surface area contributed by atoms with Crippen molar-refractivity contribution in [3.05, 3.63) is 17.9 Å². The SMILES string of the molecule is C[C@@H]1CCC[C@H](C)N1c1ccc(C(=O)O)o1. The van der Waals surface area contributed by atoms with Crippen LogP contribution in [0.1, 0.15) is 43.7 Å². The number of aromatic carboxylic acids is 1. The van der Waals surface area contributed by atoms with Crippen LogP contribution >= 0.6 is 0 Å². The first-order chi connectivity index (χ1) is 7.59. The Morgan fingerprint density at radius 3 is 2.50 bits per heavy atom. The zero-order valence-electron chi connectivity index (χ0n) is 9.64. The van der Waals surface area contributed by atoms with Gasteiger partial charge in [-0.2, -0.15) is 0 Å². The maximum atomic E-state index is 10.7. The highest BCUT2D eigenvalue weighted by Crippen LogP contribution is 2.30. The molecule has 0 aliphatic carbocycles. The van der Waals surface area contributed by atoms with E-state index in [0.29, 0.717) is 18.0 Å². The van der Waals surface area contributed by atoms with Crippen LogP contribution in [0.4, 0.5) is 5.88 Å². The first-order valence-electron chi connectivity index (χ1n) is 5.71. The highest BCUT2D eigenvalue weighted by atomic mass is 16.4. The maximum Gasteiger partial charge on any atom is 0.371 e. The van der Waals surface area contributed by atoms with Gasteiger partial charge < -0.3 is 14.4 Å². The van der Waals surface area contributed by atoms with E-state index in [-0.39, 0.29) is 5.76 Å². The lowest BCUT2D eigenvalue weighted by molar-refractivity contribution is 0.0662. The standard InChI is InChI=1S/C12H17NO3/c1-8-4-3-5-9(2)13(8)11-7-6-10(16-11)12(14)15/h6-9H,3-5H2,1-2H3,(H,14,15)/t8-,9+. The van der Waals surface area contributed by atoms with Gasteiger partial charge in [-0.3, -0.25) is 0 Å². The van der Waals surface area contributed by atoms with Crippen molar-refractivity contribution >= 4 is 11.9 Å². The summed E-state index contributed by atoms with van der Waals surface area (Å²) in [6, 6.07) is 4.10. The van der Waals surface area contributed by atoms with Gasteiger partial charge in [0, 0.05) is 18.2 Å². The Morgan fingerprint density at radius 2 is 2.00 bits per heavy atom. The fraction of sp³-hybridized carbons (Fsp3) is 0.583. The van der Waals surface area contributed by atoms with Crippen LogP contribution in [-0.2, 0) is 0 Å². The lowest BCUT2D eigenvalue weighted by atomic mass is 9.98. The van der Waals surface area contributed by atoms with E-state index in [1.54, 1.807) is 6.07 Å². The van der Waals surface area contributed by atoms with Crippen LogP contribution < -0.4 is 4.90 Å². The summed E-state index contributed by atoms with van der Waals surface area (Å²) in [6.07, 6.45) is 3.49. The van der Waals surface area contributed by atoms with Gasteiger partial charge in [0.2, 0.25) is 5.76 Å². The average molecular weight is 223 g/mol. The Labute approximate surface area is 94.9 Å². The van der Waals surface area contributed by atoms with Gasteiger partial charge in [-0.15, -0.1) is 0 Å². The van der Waals surface area contributed by atoms with Crippen LogP contribution in [0, 0.1) is 0 Å². The molecule has 0 bridgehead atoms. The first-order valence-corrected chi connectivity index (χ1v) is 5.71. The third-order valence-electron chi connectivity index (χ3n) is 3.25. The monoisotopic (exact) mass is 223 g/mol. The number of carboxylic acids is 1. The fourth-order valence-corrected chi connectivity index (χ4v) is 2.44. The predicted molar refractivity (Wildman–Crippen MR) is 60.9 cm³/mol. The second kappa shape index (κ2) is 4.20. The van der Waals surface area contributed by atoms with Gasteiger partial charge in [-0.1, -0.05) is 0 Å². The summed E-state index contributed by atoms with van der Waals surface area (Å²) in [5, 5.41) is 8.82. The van der Waals surface area contributed by atoms with E-state index < -0.39 is 5.97 Å². The molecule has 1 aliphatic heterocycles. The van der Waals surface area contributed by atoms with Crippen LogP contribution in [0.5, 0.6) is 0 Å². The molecule has 1 N–H and O–H groups in total. The molecule has 1 aromatic heterocycles. The van der Waals surface area contributed by atoms with Crippen molar-refractivity contribution in [3.63, 3.8) is 0 Å². The Morgan fingerprint density at radius 1 is 1.38 bits per heavy atom. The third-order valence-corrected chi connectivity index (χ3v) is 3.25. The summed E-state index contributed by atoms with van der Waals surface area (Å²) in [7, 11) is 0. The van der Waals surface area contributed by atoms with Crippen LogP contribution in [-0.4, -0.2) is 23.2 Å². The molecule has 1 aliphatic rings. The molecule has 1 saturated heterocycles. The van der Waals surface area contributed by atoms with Crippen molar-refractivity contribution in [2.75, 3.05) is 4.90 Å². The van der Waals surface area contributed by atoms with Gasteiger partial charge in [0.1, 0.15) is 0 Å². The second-order valence-corrected chi connectivity index (χ2v) is 4.48. The molecule has 88 valence electrons. The molecule has 2 rings (SSSR count). The average Bonchev–Trinajstić information content (AvgIpc) is 2.66. The van der Waals surface area contributed by atoms with E-state index in [4.69, 9.17) is 9.52 Å². The lowest BCUT2D eigenvalue weighted by Gasteiger charge is -2.38. The summed E-state index contributed by atoms with van der Waals surface area (Å²) < 4.78 is 5.35. The second-order valence-electron chi connectivity index (χ2n) is 4.48. The smallest absolute Gasteiger partial charge is 0.371 e. The zero-order valence-corrected chi connectivity index (χ0v) is 9.64. The summed E-state index contributed by atoms with van der Waals surface area (Å²) in [4.78, 5) is 12.9. The van der Waals surface area contributed by atoms with E-state index in [0.717, 1.165) is 12.8 Å². The van der Waals surface area contributed by atoms with Gasteiger partial charge in [0.05, 0.1) is 0 Å². The molecule has 0 aromatic carbocycles. The molecule has 0 unspecified atom stereocenters. The van der Waals surface area contributed by atoms with Gasteiger partial charge in [0.25, 0.3) is 0 Å². The maximum absolute atomic E-state index is 10.7. The molecular formula is C12H17NO3. The fourth-order valence-electron chi connectivity index (χ4n) is 2.44. The molecule has 0 spiro atoms. The largest absolute Gasteiger partial charge is 0.475 e. The molecule has 1 fully saturated rings. The van der Waals surface area contributed by atoms with Crippen LogP contribution in [0.25, 0.3) is 0 Å². The number of carboxylic acid groups (broad SMARTS) is 1. The Bertz CT molecular complexity index is 375. The number of rotatable bonds is 2. The van der Waals surface area contributed by atoms with E-state index >= 15 is 0 Å². The minimum Gasteiger partial charge on any atom is -0.475 e. The topological polar surface area (TPSA) is 53.7 Å². The molecule has 16 heavy (non-hydrogen) atoms. The number of anilines is 1. The Balaban J connectivity index is 2.23. The van der Waals surface area contributed by atoms with Gasteiger partial charge in [-0.25, -0.2) is 4.79 Å². The normalized spacial score (nSPS) is 25.8. The third kappa shape index (κ3) is 1.92. The zero-order chi connectivity index (χ0) is 11.7. The number of piperidine rings is 1. The minimum absolute atomic E-state index is 0.0139. The molecule has 4 nitrogen and oxygen atoms in total. The van der Waals surface area contributed by atoms with Crippen LogP contribution in [0.3, 0.4) is 0 Å². The first kappa shape index (κ1) is 11.0. The van der Waals surface area contributed by atoms with Gasteiger partial charge >= 0.3 is 5.97 Å². The Hall–Kier alpha value is -1.45. The molecule has 2 heterocycles. The molecule has 0 radical (unpaired) electrons. The van der Waals surface area contributed by atoms with E-state index in [2.05, 4.69) is 18.7 Å². The van der Waals surface area contributed by atoms with Crippen molar-refractivity contribution in [1.82, 2.24) is 0 Å². The molecular weight excluding hydrogens is 206 g/mol. The number of carbonyl (C=O) groups is 1. The van der Waals surface area contributed by atoms with Crippen LogP contribution in [0.2, 0.25) is 0 Å². The summed E-state index contributed by atoms with van der Waals surface area (Å²) in [5.74, 6) is -0.319. The summed E-state index contributed by atoms with van der Waals surface area (Å²) >= 11 is 0. The van der Waals surface area contributed by atoms with E-state index in [1.165, 1.54) is 12.5 Å². The number of hydrogen-bond acceptors (Lipinski definition) is 3. The van der Waals surface area contributed by atoms with Crippen molar-refractivity contribution in [1.29, 1.82) is 0 Å². The molecule has 1 aromatic rings. The van der Waals surface area contributed by atoms with Crippen molar-refractivity contribution < 1.29 is 14.3 Å². The lowest BCUT2D eigenvalue weighted by Crippen LogP contribution is -2.43. The highest BCUT2D eigenvalue weighted by Gasteiger charge is 2.27. The molecule has 0 amide bonds. The molecule has 2 atom stereocenters. The number of hydrogen-bond donors (Lipinski definition) is 1. The number of nitrogens with zero attached hydrogens (tertiary/aromatic N) is 1. The Kier molecular flexibility index (Phi) is 2.90. The molecule has 0 saturated carbocycles. The predicted octanol–water partition coefficient (Wildman–Crippen LogP) is 2.75. The quantitative estimate of drug-likeness (QED) is 0.837. The number of furan rings is 1. The highest BCUT2D eigenvalue weighted by molar-refractivity contribution is 5.84. The summed E-state index contributed by atoms with van der Waals surface area (Å²) in [5.41, 5.74) is 0. The van der Waals surface area contributed by atoms with E-state index in [9.17, 15) is 4.79 Å². The van der Waals surface area contributed by atoms with Gasteiger partial charge in [-0.05, 0) is 39.2 Å². The van der Waals surface area contributed by atoms with Crippen molar-refractivity contribution in [3.8, 4) is 0 Å². The van der Waals surface area contributed by atoms with Gasteiger partial charge in [0.15, 0.2) is 5.88 Å². The van der Waals surface area contributed by atoms with E-state index in [1.807, 2.05) is 0 Å². The summed E-state index contributed by atoms with van der Waals surface area (Å²) in [6.45, 7) is 4.30.